The normalized spacial score (nSPS) is 16.6. The lowest BCUT2D eigenvalue weighted by Crippen LogP contribution is -2.52. The number of phenolic OH excluding ortho intramolecular Hbond substituents is 1. The molecule has 1 aromatic carbocycles. The van der Waals surface area contributed by atoms with Gasteiger partial charge in [0, 0.05) is 6.07 Å². The quantitative estimate of drug-likeness (QED) is 0.776. The minimum Gasteiger partial charge on any atom is -0.507 e. The maximum absolute atomic E-state index is 12.2. The summed E-state index contributed by atoms with van der Waals surface area (Å²) >= 11 is 0. The fourth-order valence-electron chi connectivity index (χ4n) is 2.49. The zero-order chi connectivity index (χ0) is 14.8. The number of carbonyl (C=O) groups excluding carboxylic acids is 1. The Morgan fingerprint density at radius 3 is 2.45 bits per heavy atom. The highest BCUT2D eigenvalue weighted by Gasteiger charge is 2.42. The molecule has 0 unspecified atom stereocenters. The minimum atomic E-state index is -1.22. The maximum Gasteiger partial charge on any atom is 0.329 e. The predicted molar refractivity (Wildman–Crippen MR) is 71.0 cm³/mol. The molecule has 20 heavy (non-hydrogen) atoms. The van der Waals surface area contributed by atoms with Crippen molar-refractivity contribution in [1.29, 1.82) is 0 Å². The number of carboxylic acids is 1. The Hall–Kier alpha value is -2.24. The Morgan fingerprint density at radius 1 is 1.30 bits per heavy atom. The summed E-state index contributed by atoms with van der Waals surface area (Å²) in [6.07, 6.45) is 2.35. The van der Waals surface area contributed by atoms with Gasteiger partial charge in [-0.1, -0.05) is 12.8 Å². The zero-order valence-corrected chi connectivity index (χ0v) is 11.2. The molecule has 2 rings (SSSR count). The number of carboxylic acid groups (broad SMARTS) is 1. The number of hydrogen-bond acceptors (Lipinski definition) is 4. The van der Waals surface area contributed by atoms with Gasteiger partial charge in [-0.3, -0.25) is 4.79 Å². The molecule has 3 N–H and O–H groups in total. The first-order chi connectivity index (χ1) is 9.48. The van der Waals surface area contributed by atoms with Crippen LogP contribution in [0.5, 0.6) is 11.5 Å². The Morgan fingerprint density at radius 2 is 1.95 bits per heavy atom. The van der Waals surface area contributed by atoms with Gasteiger partial charge in [-0.15, -0.1) is 0 Å². The van der Waals surface area contributed by atoms with E-state index < -0.39 is 17.4 Å². The van der Waals surface area contributed by atoms with Gasteiger partial charge in [-0.25, -0.2) is 4.79 Å². The molecule has 0 radical (unpaired) electrons. The van der Waals surface area contributed by atoms with E-state index in [1.54, 1.807) is 0 Å². The van der Waals surface area contributed by atoms with E-state index in [4.69, 9.17) is 4.74 Å². The van der Waals surface area contributed by atoms with Crippen molar-refractivity contribution in [3.63, 3.8) is 0 Å². The van der Waals surface area contributed by atoms with Gasteiger partial charge in [0.15, 0.2) is 0 Å². The number of aliphatic carboxylic acids is 1. The molecule has 1 aliphatic carbocycles. The van der Waals surface area contributed by atoms with Gasteiger partial charge >= 0.3 is 5.97 Å². The van der Waals surface area contributed by atoms with Crippen molar-refractivity contribution in [2.45, 2.75) is 31.2 Å². The fourth-order valence-corrected chi connectivity index (χ4v) is 2.49. The van der Waals surface area contributed by atoms with Crippen molar-refractivity contribution in [2.24, 2.45) is 0 Å². The second-order valence-electron chi connectivity index (χ2n) is 4.93. The largest absolute Gasteiger partial charge is 0.507 e. The molecule has 6 nitrogen and oxygen atoms in total. The molecule has 1 aliphatic rings. The van der Waals surface area contributed by atoms with E-state index in [1.807, 2.05) is 0 Å². The smallest absolute Gasteiger partial charge is 0.329 e. The van der Waals surface area contributed by atoms with Gasteiger partial charge in [0.2, 0.25) is 0 Å². The van der Waals surface area contributed by atoms with Crippen LogP contribution in [0, 0.1) is 0 Å². The first-order valence-electron chi connectivity index (χ1n) is 6.41. The van der Waals surface area contributed by atoms with Gasteiger partial charge in [-0.05, 0) is 25.0 Å². The molecule has 0 atom stereocenters. The summed E-state index contributed by atoms with van der Waals surface area (Å²) in [6, 6.07) is 4.27. The number of rotatable bonds is 4. The van der Waals surface area contributed by atoms with Crippen molar-refractivity contribution >= 4 is 11.9 Å². The number of methoxy groups -OCH3 is 1. The molecule has 1 fully saturated rings. The van der Waals surface area contributed by atoms with Crippen LogP contribution in [0.3, 0.4) is 0 Å². The molecule has 1 aromatic rings. The highest BCUT2D eigenvalue weighted by Crippen LogP contribution is 2.31. The van der Waals surface area contributed by atoms with E-state index in [0.29, 0.717) is 18.6 Å². The standard InChI is InChI=1S/C14H17NO5/c1-20-9-4-5-10(11(16)8-9)12(17)15-14(13(18)19)6-2-3-7-14/h4-5,8,16H,2-3,6-7H2,1H3,(H,15,17)(H,18,19). The van der Waals surface area contributed by atoms with Crippen LogP contribution in [0.2, 0.25) is 0 Å². The predicted octanol–water partition coefficient (Wildman–Crippen LogP) is 1.53. The van der Waals surface area contributed by atoms with Crippen molar-refractivity contribution < 1.29 is 24.5 Å². The summed E-state index contributed by atoms with van der Waals surface area (Å²) < 4.78 is 4.94. The summed E-state index contributed by atoms with van der Waals surface area (Å²) in [6.45, 7) is 0. The summed E-state index contributed by atoms with van der Waals surface area (Å²) in [4.78, 5) is 23.5. The zero-order valence-electron chi connectivity index (χ0n) is 11.2. The summed E-state index contributed by atoms with van der Waals surface area (Å²) in [5.41, 5.74) is -1.18. The van der Waals surface area contributed by atoms with E-state index in [9.17, 15) is 19.8 Å². The maximum atomic E-state index is 12.2. The van der Waals surface area contributed by atoms with Crippen LogP contribution >= 0.6 is 0 Å². The topological polar surface area (TPSA) is 95.9 Å². The van der Waals surface area contributed by atoms with Crippen LogP contribution in [-0.4, -0.2) is 34.7 Å². The molecular formula is C14H17NO5. The van der Waals surface area contributed by atoms with Crippen molar-refractivity contribution in [3.8, 4) is 11.5 Å². The van der Waals surface area contributed by atoms with E-state index in [1.165, 1.54) is 25.3 Å². The number of nitrogens with one attached hydrogen (secondary N) is 1. The monoisotopic (exact) mass is 279 g/mol. The molecule has 1 saturated carbocycles. The van der Waals surface area contributed by atoms with Crippen LogP contribution in [0.1, 0.15) is 36.0 Å². The van der Waals surface area contributed by atoms with Crippen molar-refractivity contribution in [2.75, 3.05) is 7.11 Å². The van der Waals surface area contributed by atoms with E-state index in [2.05, 4.69) is 5.32 Å². The number of hydrogen-bond donors (Lipinski definition) is 3. The van der Waals surface area contributed by atoms with Gasteiger partial charge < -0.3 is 20.3 Å². The average Bonchev–Trinajstić information content (AvgIpc) is 2.88. The first-order valence-corrected chi connectivity index (χ1v) is 6.41. The summed E-state index contributed by atoms with van der Waals surface area (Å²) in [5, 5.41) is 21.7. The highest BCUT2D eigenvalue weighted by atomic mass is 16.5. The third-order valence-corrected chi connectivity index (χ3v) is 3.67. The molecule has 0 bridgehead atoms. The van der Waals surface area contributed by atoms with Crippen LogP contribution in [-0.2, 0) is 4.79 Å². The lowest BCUT2D eigenvalue weighted by atomic mass is 9.97. The third-order valence-electron chi connectivity index (χ3n) is 3.67. The number of amides is 1. The van der Waals surface area contributed by atoms with E-state index in [-0.39, 0.29) is 11.3 Å². The number of phenols is 1. The van der Waals surface area contributed by atoms with E-state index >= 15 is 0 Å². The number of carbonyl (C=O) groups is 2. The lowest BCUT2D eigenvalue weighted by molar-refractivity contribution is -0.144. The second-order valence-corrected chi connectivity index (χ2v) is 4.93. The second kappa shape index (κ2) is 5.40. The molecular weight excluding hydrogens is 262 g/mol. The van der Waals surface area contributed by atoms with E-state index in [0.717, 1.165) is 12.8 Å². The minimum absolute atomic E-state index is 0.0401. The number of benzene rings is 1. The van der Waals surface area contributed by atoms with Gasteiger partial charge in [0.1, 0.15) is 17.0 Å². The number of ether oxygens (including phenoxy) is 1. The van der Waals surface area contributed by atoms with Crippen LogP contribution in [0.15, 0.2) is 18.2 Å². The Labute approximate surface area is 116 Å². The average molecular weight is 279 g/mol. The summed E-state index contributed by atoms with van der Waals surface area (Å²) in [5.74, 6) is -1.43. The molecule has 0 heterocycles. The van der Waals surface area contributed by atoms with Gasteiger partial charge in [0.25, 0.3) is 5.91 Å². The number of aromatic hydroxyl groups is 1. The Balaban J connectivity index is 2.21. The molecule has 1 amide bonds. The molecule has 0 saturated heterocycles. The Bertz CT molecular complexity index is 534. The molecule has 6 heteroatoms. The summed E-state index contributed by atoms with van der Waals surface area (Å²) in [7, 11) is 1.45. The highest BCUT2D eigenvalue weighted by molar-refractivity contribution is 6.00. The van der Waals surface area contributed by atoms with Crippen LogP contribution < -0.4 is 10.1 Å². The van der Waals surface area contributed by atoms with Crippen LogP contribution in [0.4, 0.5) is 0 Å². The molecule has 108 valence electrons. The molecule has 0 aromatic heterocycles. The van der Waals surface area contributed by atoms with Crippen molar-refractivity contribution in [3.05, 3.63) is 23.8 Å². The fraction of sp³-hybridized carbons (Fsp3) is 0.429. The molecule has 0 aliphatic heterocycles. The first kappa shape index (κ1) is 14.2. The van der Waals surface area contributed by atoms with Gasteiger partial charge in [-0.2, -0.15) is 0 Å². The lowest BCUT2D eigenvalue weighted by Gasteiger charge is -2.25. The van der Waals surface area contributed by atoms with Crippen LogP contribution in [0.25, 0.3) is 0 Å². The van der Waals surface area contributed by atoms with Crippen molar-refractivity contribution in [1.82, 2.24) is 5.32 Å². The third kappa shape index (κ3) is 2.54. The van der Waals surface area contributed by atoms with Gasteiger partial charge in [0.05, 0.1) is 12.7 Å². The Kier molecular flexibility index (Phi) is 3.83. The SMILES string of the molecule is COc1ccc(C(=O)NC2(C(=O)O)CCCC2)c(O)c1. The molecule has 0 spiro atoms.